The molecule has 22 heavy (non-hydrogen) atoms. The lowest BCUT2D eigenvalue weighted by Gasteiger charge is -2.40. The third kappa shape index (κ3) is 4.16. The molecule has 0 amide bonds. The Balaban J connectivity index is 3.34. The molecule has 0 fully saturated rings. The zero-order chi connectivity index (χ0) is 17.1. The largest absolute Gasteiger partial charge is 0.167 e. The van der Waals surface area contributed by atoms with E-state index >= 15 is 0 Å². The van der Waals surface area contributed by atoms with Crippen molar-refractivity contribution in [2.24, 2.45) is 5.41 Å². The molecule has 1 aromatic rings. The first kappa shape index (κ1) is 18.8. The number of benzene rings is 1. The van der Waals surface area contributed by atoms with E-state index in [1.165, 1.54) is 16.7 Å². The zero-order valence-corrected chi connectivity index (χ0v) is 16.0. The van der Waals surface area contributed by atoms with Gasteiger partial charge in [0.25, 0.3) is 0 Å². The predicted molar refractivity (Wildman–Crippen MR) is 105 cm³/mol. The van der Waals surface area contributed by atoms with Crippen molar-refractivity contribution in [1.82, 2.24) is 0 Å². The molecule has 1 unspecified atom stereocenters. The van der Waals surface area contributed by atoms with Crippen molar-refractivity contribution in [3.05, 3.63) is 65.3 Å². The van der Waals surface area contributed by atoms with Crippen LogP contribution in [0.3, 0.4) is 0 Å². The zero-order valence-electron chi connectivity index (χ0n) is 15.1. The van der Waals surface area contributed by atoms with Crippen LogP contribution < -0.4 is 0 Å². The van der Waals surface area contributed by atoms with Crippen molar-refractivity contribution < 1.29 is 0 Å². The standard InChI is InChI=1S/C21H30S/c1-9-16(3)19(21(8,22)20(5,6)7)14-17(4)18-12-10-15(2)11-13-18/h9-14,22H,4H2,1-3,5-8H3/b16-9-,19-14+. The summed E-state index contributed by atoms with van der Waals surface area (Å²) in [6.45, 7) is 19.5. The number of thiol groups is 1. The van der Waals surface area contributed by atoms with Crippen molar-refractivity contribution in [2.45, 2.75) is 53.2 Å². The van der Waals surface area contributed by atoms with Gasteiger partial charge >= 0.3 is 0 Å². The summed E-state index contributed by atoms with van der Waals surface area (Å²) < 4.78 is -0.239. The van der Waals surface area contributed by atoms with E-state index < -0.39 is 0 Å². The van der Waals surface area contributed by atoms with E-state index in [0.717, 1.165) is 11.1 Å². The minimum Gasteiger partial charge on any atom is -0.167 e. The molecular weight excluding hydrogens is 284 g/mol. The van der Waals surface area contributed by atoms with Gasteiger partial charge < -0.3 is 0 Å². The summed E-state index contributed by atoms with van der Waals surface area (Å²) in [5.41, 5.74) is 5.97. The van der Waals surface area contributed by atoms with E-state index in [4.69, 9.17) is 12.6 Å². The third-order valence-electron chi connectivity index (χ3n) is 4.58. The molecule has 0 aromatic heterocycles. The highest BCUT2D eigenvalue weighted by molar-refractivity contribution is 7.82. The van der Waals surface area contributed by atoms with Gasteiger partial charge in [0.15, 0.2) is 0 Å². The lowest BCUT2D eigenvalue weighted by molar-refractivity contribution is 0.339. The quantitative estimate of drug-likeness (QED) is 0.467. The Labute approximate surface area is 142 Å². The highest BCUT2D eigenvalue weighted by atomic mass is 32.1. The molecule has 0 saturated carbocycles. The lowest BCUT2D eigenvalue weighted by Crippen LogP contribution is -2.36. The fraction of sp³-hybridized carbons (Fsp3) is 0.429. The van der Waals surface area contributed by atoms with Gasteiger partial charge in [0.05, 0.1) is 0 Å². The van der Waals surface area contributed by atoms with Crippen LogP contribution in [-0.2, 0) is 0 Å². The second kappa shape index (κ2) is 6.91. The van der Waals surface area contributed by atoms with Gasteiger partial charge in [-0.3, -0.25) is 0 Å². The Hall–Kier alpha value is -1.21. The average molecular weight is 315 g/mol. The SMILES string of the molecule is C=C(/C=C(\C(C)=C/C)C(C)(S)C(C)(C)C)c1ccc(C)cc1. The third-order valence-corrected chi connectivity index (χ3v) is 5.50. The van der Waals surface area contributed by atoms with Crippen LogP contribution >= 0.6 is 12.6 Å². The summed E-state index contributed by atoms with van der Waals surface area (Å²) in [5, 5.41) is 0. The number of hydrogen-bond acceptors (Lipinski definition) is 1. The molecule has 0 heterocycles. The first-order valence-electron chi connectivity index (χ1n) is 7.84. The maximum Gasteiger partial charge on any atom is 0.0401 e. The second-order valence-electron chi connectivity index (χ2n) is 7.24. The predicted octanol–water partition coefficient (Wildman–Crippen LogP) is 6.64. The van der Waals surface area contributed by atoms with Gasteiger partial charge in [0, 0.05) is 4.75 Å². The number of allylic oxidation sites excluding steroid dienone is 4. The minimum atomic E-state index is -0.239. The molecule has 0 radical (unpaired) electrons. The van der Waals surface area contributed by atoms with E-state index in [-0.39, 0.29) is 10.2 Å². The fourth-order valence-corrected chi connectivity index (χ4v) is 2.46. The van der Waals surface area contributed by atoms with Gasteiger partial charge in [-0.05, 0) is 49.8 Å². The molecule has 0 nitrogen and oxygen atoms in total. The first-order valence-corrected chi connectivity index (χ1v) is 8.29. The van der Waals surface area contributed by atoms with Crippen LogP contribution in [0, 0.1) is 12.3 Å². The highest BCUT2D eigenvalue weighted by Crippen LogP contribution is 2.45. The summed E-state index contributed by atoms with van der Waals surface area (Å²) in [5.74, 6) is 0. The fourth-order valence-electron chi connectivity index (χ4n) is 2.22. The Kier molecular flexibility index (Phi) is 5.92. The van der Waals surface area contributed by atoms with Crippen molar-refractivity contribution >= 4 is 18.2 Å². The molecule has 1 aromatic carbocycles. The Morgan fingerprint density at radius 3 is 2.00 bits per heavy atom. The van der Waals surface area contributed by atoms with Crippen molar-refractivity contribution in [2.75, 3.05) is 0 Å². The molecule has 0 aliphatic rings. The molecule has 1 atom stereocenters. The van der Waals surface area contributed by atoms with Gasteiger partial charge in [-0.2, -0.15) is 12.6 Å². The van der Waals surface area contributed by atoms with Crippen molar-refractivity contribution in [1.29, 1.82) is 0 Å². The highest BCUT2D eigenvalue weighted by Gasteiger charge is 2.37. The monoisotopic (exact) mass is 314 g/mol. The van der Waals surface area contributed by atoms with E-state index in [1.807, 2.05) is 0 Å². The first-order chi connectivity index (χ1) is 10.0. The van der Waals surface area contributed by atoms with Crippen LogP contribution in [-0.4, -0.2) is 4.75 Å². The Morgan fingerprint density at radius 2 is 1.59 bits per heavy atom. The lowest BCUT2D eigenvalue weighted by atomic mass is 9.73. The molecule has 0 spiro atoms. The maximum absolute atomic E-state index is 5.01. The van der Waals surface area contributed by atoms with Crippen molar-refractivity contribution in [3.8, 4) is 0 Å². The van der Waals surface area contributed by atoms with Crippen LogP contribution in [0.1, 0.15) is 52.7 Å². The minimum absolute atomic E-state index is 0.0414. The molecule has 120 valence electrons. The van der Waals surface area contributed by atoms with Crippen LogP contribution in [0.5, 0.6) is 0 Å². The second-order valence-corrected chi connectivity index (χ2v) is 8.14. The summed E-state index contributed by atoms with van der Waals surface area (Å²) in [6.07, 6.45) is 4.34. The van der Waals surface area contributed by atoms with E-state index in [9.17, 15) is 0 Å². The molecule has 0 aliphatic carbocycles. The summed E-state index contributed by atoms with van der Waals surface area (Å²) >= 11 is 5.01. The normalized spacial score (nSPS) is 16.4. The van der Waals surface area contributed by atoms with Crippen LogP contribution in [0.15, 0.2) is 54.1 Å². The number of aryl methyl sites for hydroxylation is 1. The summed E-state index contributed by atoms with van der Waals surface area (Å²) in [7, 11) is 0. The molecular formula is C21H30S. The van der Waals surface area contributed by atoms with Gasteiger partial charge in [0.1, 0.15) is 0 Å². The van der Waals surface area contributed by atoms with Gasteiger partial charge in [0.2, 0.25) is 0 Å². The topological polar surface area (TPSA) is 0 Å². The average Bonchev–Trinajstić information content (AvgIpc) is 2.43. The number of rotatable bonds is 4. The maximum atomic E-state index is 5.01. The molecule has 0 aliphatic heterocycles. The van der Waals surface area contributed by atoms with Gasteiger partial charge in [-0.15, -0.1) is 0 Å². The Morgan fingerprint density at radius 1 is 1.09 bits per heavy atom. The Bertz CT molecular complexity index is 590. The van der Waals surface area contributed by atoms with Gasteiger partial charge in [-0.1, -0.05) is 74.9 Å². The molecule has 0 bridgehead atoms. The molecule has 1 heteroatoms. The van der Waals surface area contributed by atoms with E-state index in [0.29, 0.717) is 0 Å². The van der Waals surface area contributed by atoms with E-state index in [1.54, 1.807) is 0 Å². The van der Waals surface area contributed by atoms with E-state index in [2.05, 4.69) is 91.5 Å². The summed E-state index contributed by atoms with van der Waals surface area (Å²) in [6, 6.07) is 8.51. The van der Waals surface area contributed by atoms with Crippen LogP contribution in [0.25, 0.3) is 5.57 Å². The molecule has 0 N–H and O–H groups in total. The molecule has 1 rings (SSSR count). The summed E-state index contributed by atoms with van der Waals surface area (Å²) in [4.78, 5) is 0. The van der Waals surface area contributed by atoms with Crippen LogP contribution in [0.4, 0.5) is 0 Å². The smallest absolute Gasteiger partial charge is 0.0401 e. The van der Waals surface area contributed by atoms with Gasteiger partial charge in [-0.25, -0.2) is 0 Å². The van der Waals surface area contributed by atoms with Crippen LogP contribution in [0.2, 0.25) is 0 Å². The number of hydrogen-bond donors (Lipinski definition) is 1. The van der Waals surface area contributed by atoms with Crippen molar-refractivity contribution in [3.63, 3.8) is 0 Å². The molecule has 0 saturated heterocycles.